The van der Waals surface area contributed by atoms with Gasteiger partial charge in [0.25, 0.3) is 0 Å². The summed E-state index contributed by atoms with van der Waals surface area (Å²) in [5.41, 5.74) is -0.248. The first-order chi connectivity index (χ1) is 13.9. The molecular weight excluding hydrogens is 438 g/mol. The standard InChI is InChI=1S/C18H13ClF6N4O/c19-12-5-8(1-3-11(12)17(20,21)22)27-16(30)29-9-2-4-14(29)10-7-26-15(18(23,24)25)28-13(10)6-9/h1,3,5,7,9,14H,2,4,6H2,(H,27,30). The van der Waals surface area contributed by atoms with Gasteiger partial charge in [-0.3, -0.25) is 0 Å². The first kappa shape index (κ1) is 20.7. The lowest BCUT2D eigenvalue weighted by Crippen LogP contribution is -2.44. The number of hydrogen-bond acceptors (Lipinski definition) is 3. The van der Waals surface area contributed by atoms with Crippen LogP contribution in [0.4, 0.5) is 36.8 Å². The van der Waals surface area contributed by atoms with E-state index >= 15 is 0 Å². The van der Waals surface area contributed by atoms with E-state index < -0.39 is 40.8 Å². The van der Waals surface area contributed by atoms with E-state index in [4.69, 9.17) is 11.6 Å². The average molecular weight is 451 g/mol. The monoisotopic (exact) mass is 450 g/mol. The maximum absolute atomic E-state index is 12.9. The number of anilines is 1. The van der Waals surface area contributed by atoms with Crippen LogP contribution in [0.3, 0.4) is 0 Å². The lowest BCUT2D eigenvalue weighted by Gasteiger charge is -2.35. The van der Waals surface area contributed by atoms with E-state index in [0.29, 0.717) is 18.4 Å². The smallest absolute Gasteiger partial charge is 0.314 e. The highest BCUT2D eigenvalue weighted by Gasteiger charge is 2.45. The summed E-state index contributed by atoms with van der Waals surface area (Å²) in [4.78, 5) is 21.3. The Morgan fingerprint density at radius 2 is 1.87 bits per heavy atom. The number of alkyl halides is 6. The van der Waals surface area contributed by atoms with Crippen LogP contribution in [0.5, 0.6) is 0 Å². The summed E-state index contributed by atoms with van der Waals surface area (Å²) in [5.74, 6) is -1.22. The molecule has 1 N–H and O–H groups in total. The highest BCUT2D eigenvalue weighted by atomic mass is 35.5. The number of benzene rings is 1. The number of halogens is 7. The summed E-state index contributed by atoms with van der Waals surface area (Å²) in [6.45, 7) is 0. The summed E-state index contributed by atoms with van der Waals surface area (Å²) in [6, 6.07) is 1.40. The highest BCUT2D eigenvalue weighted by molar-refractivity contribution is 6.31. The normalized spacial score (nSPS) is 20.8. The first-order valence-corrected chi connectivity index (χ1v) is 9.22. The SMILES string of the molecule is O=C(Nc1ccc(C(F)(F)F)c(Cl)c1)N1C2CCC1c1cnc(C(F)(F)F)nc1C2. The lowest BCUT2D eigenvalue weighted by atomic mass is 9.99. The molecular formula is C18H13ClF6N4O. The van der Waals surface area contributed by atoms with Gasteiger partial charge in [0.05, 0.1) is 22.3 Å². The fourth-order valence-corrected chi connectivity index (χ4v) is 4.22. The molecule has 0 saturated carbocycles. The van der Waals surface area contributed by atoms with Gasteiger partial charge in [-0.2, -0.15) is 26.3 Å². The third-order valence-electron chi connectivity index (χ3n) is 5.20. The lowest BCUT2D eigenvalue weighted by molar-refractivity contribution is -0.145. The van der Waals surface area contributed by atoms with Crippen molar-refractivity contribution in [3.8, 4) is 0 Å². The van der Waals surface area contributed by atoms with E-state index in [2.05, 4.69) is 15.3 Å². The quantitative estimate of drug-likeness (QED) is 0.587. The number of fused-ring (bicyclic) bond motifs is 4. The second kappa shape index (κ2) is 7.00. The molecule has 2 aromatic rings. The molecule has 30 heavy (non-hydrogen) atoms. The van der Waals surface area contributed by atoms with E-state index in [9.17, 15) is 31.1 Å². The number of rotatable bonds is 1. The summed E-state index contributed by atoms with van der Waals surface area (Å²) in [5, 5.41) is 1.96. The molecule has 1 aromatic heterocycles. The predicted octanol–water partition coefficient (Wildman–Crippen LogP) is 5.46. The summed E-state index contributed by atoms with van der Waals surface area (Å²) < 4.78 is 77.1. The van der Waals surface area contributed by atoms with Crippen LogP contribution in [0.15, 0.2) is 24.4 Å². The largest absolute Gasteiger partial charge is 0.451 e. The van der Waals surface area contributed by atoms with Crippen LogP contribution < -0.4 is 5.32 Å². The second-order valence-electron chi connectivity index (χ2n) is 7.07. The molecule has 0 radical (unpaired) electrons. The Morgan fingerprint density at radius 3 is 2.50 bits per heavy atom. The third-order valence-corrected chi connectivity index (χ3v) is 5.52. The number of amides is 2. The second-order valence-corrected chi connectivity index (χ2v) is 7.48. The maximum atomic E-state index is 12.9. The van der Waals surface area contributed by atoms with Crippen molar-refractivity contribution >= 4 is 23.3 Å². The molecule has 0 aliphatic carbocycles. The molecule has 2 atom stereocenters. The van der Waals surface area contributed by atoms with Gasteiger partial charge >= 0.3 is 18.4 Å². The summed E-state index contributed by atoms with van der Waals surface area (Å²) >= 11 is 5.68. The topological polar surface area (TPSA) is 58.1 Å². The molecule has 0 spiro atoms. The molecule has 12 heteroatoms. The molecule has 3 heterocycles. The van der Waals surface area contributed by atoms with Gasteiger partial charge in [0.2, 0.25) is 5.82 Å². The molecule has 5 nitrogen and oxygen atoms in total. The van der Waals surface area contributed by atoms with Gasteiger partial charge in [0, 0.05) is 29.9 Å². The first-order valence-electron chi connectivity index (χ1n) is 8.84. The zero-order chi connectivity index (χ0) is 21.8. The van der Waals surface area contributed by atoms with Crippen LogP contribution in [0.1, 0.15) is 41.5 Å². The van der Waals surface area contributed by atoms with Crippen molar-refractivity contribution in [3.63, 3.8) is 0 Å². The van der Waals surface area contributed by atoms with Gasteiger partial charge in [0.15, 0.2) is 0 Å². The zero-order valence-corrected chi connectivity index (χ0v) is 15.7. The Kier molecular flexibility index (Phi) is 4.83. The molecule has 1 aromatic carbocycles. The minimum Gasteiger partial charge on any atom is -0.314 e. The van der Waals surface area contributed by atoms with Crippen LogP contribution in [0.2, 0.25) is 5.02 Å². The highest BCUT2D eigenvalue weighted by Crippen LogP contribution is 2.44. The van der Waals surface area contributed by atoms with Gasteiger partial charge in [-0.05, 0) is 31.0 Å². The van der Waals surface area contributed by atoms with Gasteiger partial charge < -0.3 is 10.2 Å². The zero-order valence-electron chi connectivity index (χ0n) is 15.0. The molecule has 2 unspecified atom stereocenters. The fraction of sp³-hybridized carbons (Fsp3) is 0.389. The molecule has 2 aliphatic rings. The molecule has 2 amide bonds. The minimum atomic E-state index is -4.66. The number of carbonyl (C=O) groups is 1. The van der Waals surface area contributed by atoms with Crippen molar-refractivity contribution in [2.45, 2.75) is 43.7 Å². The van der Waals surface area contributed by atoms with E-state index in [1.165, 1.54) is 4.90 Å². The molecule has 2 bridgehead atoms. The van der Waals surface area contributed by atoms with Gasteiger partial charge in [-0.15, -0.1) is 0 Å². The van der Waals surface area contributed by atoms with Crippen LogP contribution in [0.25, 0.3) is 0 Å². The number of aromatic nitrogens is 2. The van der Waals surface area contributed by atoms with Gasteiger partial charge in [0.1, 0.15) is 0 Å². The van der Waals surface area contributed by atoms with E-state index in [1.807, 2.05) is 0 Å². The van der Waals surface area contributed by atoms with E-state index in [-0.39, 0.29) is 23.8 Å². The van der Waals surface area contributed by atoms with Crippen LogP contribution >= 0.6 is 11.6 Å². The van der Waals surface area contributed by atoms with E-state index in [0.717, 1.165) is 24.4 Å². The number of nitrogens with one attached hydrogen (secondary N) is 1. The van der Waals surface area contributed by atoms with Crippen molar-refractivity contribution < 1.29 is 31.1 Å². The molecule has 1 fully saturated rings. The van der Waals surface area contributed by atoms with Crippen molar-refractivity contribution in [2.75, 3.05) is 5.32 Å². The minimum absolute atomic E-state index is 0.0758. The Morgan fingerprint density at radius 1 is 1.13 bits per heavy atom. The third kappa shape index (κ3) is 3.66. The Bertz CT molecular complexity index is 1010. The molecule has 1 saturated heterocycles. The van der Waals surface area contributed by atoms with Gasteiger partial charge in [-0.25, -0.2) is 14.8 Å². The van der Waals surface area contributed by atoms with Crippen LogP contribution in [-0.4, -0.2) is 26.9 Å². The number of hydrogen-bond donors (Lipinski definition) is 1. The molecule has 4 rings (SSSR count). The number of nitrogens with zero attached hydrogens (tertiary/aromatic N) is 3. The Balaban J connectivity index is 1.56. The summed E-state index contributed by atoms with van der Waals surface area (Å²) in [7, 11) is 0. The Hall–Kier alpha value is -2.56. The Labute approximate surface area is 171 Å². The van der Waals surface area contributed by atoms with Crippen LogP contribution in [-0.2, 0) is 18.8 Å². The van der Waals surface area contributed by atoms with Crippen molar-refractivity contribution in [1.29, 1.82) is 0 Å². The number of carbonyl (C=O) groups excluding carboxylic acids is 1. The predicted molar refractivity (Wildman–Crippen MR) is 93.8 cm³/mol. The van der Waals surface area contributed by atoms with E-state index in [1.54, 1.807) is 0 Å². The van der Waals surface area contributed by atoms with Crippen molar-refractivity contribution in [3.05, 3.63) is 52.1 Å². The summed E-state index contributed by atoms with van der Waals surface area (Å²) in [6.07, 6.45) is -6.97. The maximum Gasteiger partial charge on any atom is 0.451 e. The average Bonchev–Trinajstić information content (AvgIpc) is 2.94. The van der Waals surface area contributed by atoms with Crippen molar-refractivity contribution in [1.82, 2.24) is 14.9 Å². The van der Waals surface area contributed by atoms with Crippen molar-refractivity contribution in [2.24, 2.45) is 0 Å². The number of urea groups is 1. The molecule has 160 valence electrons. The van der Waals surface area contributed by atoms with Crippen LogP contribution in [0, 0.1) is 0 Å². The van der Waals surface area contributed by atoms with Gasteiger partial charge in [-0.1, -0.05) is 11.6 Å². The fourth-order valence-electron chi connectivity index (χ4n) is 3.93. The molecule has 2 aliphatic heterocycles.